The van der Waals surface area contributed by atoms with Crippen LogP contribution in [0, 0.1) is 0 Å². The molecule has 0 fully saturated rings. The largest absolute Gasteiger partial charge is 0.524 e. The Labute approximate surface area is 191 Å². The molecule has 182 valence electrons. The van der Waals surface area contributed by atoms with E-state index in [9.17, 15) is 13.2 Å². The maximum atomic E-state index is 11.3. The molecule has 0 spiro atoms. The van der Waals surface area contributed by atoms with E-state index in [0.29, 0.717) is 0 Å². The molecule has 1 aromatic rings. The Kier molecular flexibility index (Phi) is 16.8. The third kappa shape index (κ3) is 13.1. The molecule has 0 aliphatic carbocycles. The van der Waals surface area contributed by atoms with Gasteiger partial charge in [0.05, 0.1) is 7.11 Å². The van der Waals surface area contributed by atoms with E-state index in [-0.39, 0.29) is 4.90 Å². The first-order chi connectivity index (χ1) is 14.8. The van der Waals surface area contributed by atoms with Crippen molar-refractivity contribution in [1.29, 1.82) is 0 Å². The fourth-order valence-corrected chi connectivity index (χ4v) is 10.5. The van der Waals surface area contributed by atoms with E-state index in [1.807, 2.05) is 0 Å². The van der Waals surface area contributed by atoms with Gasteiger partial charge in [-0.3, -0.25) is 0 Å². The van der Waals surface area contributed by atoms with Crippen LogP contribution in [0.25, 0.3) is 0 Å². The van der Waals surface area contributed by atoms with Crippen LogP contribution in [0.5, 0.6) is 0 Å². The van der Waals surface area contributed by atoms with Crippen LogP contribution in [0.3, 0.4) is 0 Å². The van der Waals surface area contributed by atoms with Crippen LogP contribution >= 0.6 is 7.26 Å². The summed E-state index contributed by atoms with van der Waals surface area (Å²) in [5.41, 5.74) is 0. The van der Waals surface area contributed by atoms with Crippen molar-refractivity contribution in [3.63, 3.8) is 0 Å². The van der Waals surface area contributed by atoms with Crippen molar-refractivity contribution in [3.8, 4) is 0 Å². The smallest absolute Gasteiger partial charge is 0.437 e. The van der Waals surface area contributed by atoms with Gasteiger partial charge in [0.25, 0.3) is 0 Å². The Balaban J connectivity index is 0.000000590. The van der Waals surface area contributed by atoms with Crippen molar-refractivity contribution in [3.05, 3.63) is 30.3 Å². The standard InChI is InChI=1S/C16H37P.C8H8O5S/c1-5-9-13-17(14-10-6-2,15-11-7-3)16-12-8-4;1-12-8(9)13-14(10,11)7-5-3-2-4-6-7/h17H,5-16H2,1-4H3;2-6H,1H3. The molecular weight excluding hydrogens is 431 g/mol. The molecule has 1 rings (SSSR count). The summed E-state index contributed by atoms with van der Waals surface area (Å²) in [6.07, 6.45) is 16.9. The predicted octanol–water partition coefficient (Wildman–Crippen LogP) is 7.10. The molecule has 0 N–H and O–H groups in total. The van der Waals surface area contributed by atoms with Crippen LogP contribution < -0.4 is 0 Å². The minimum atomic E-state index is -4.05. The zero-order chi connectivity index (χ0) is 23.6. The summed E-state index contributed by atoms with van der Waals surface area (Å²) in [6.45, 7) is 9.44. The molecule has 1 aromatic carbocycles. The molecule has 0 bridgehead atoms. The van der Waals surface area contributed by atoms with E-state index in [2.05, 4.69) is 36.6 Å². The molecule has 0 unspecified atom stereocenters. The van der Waals surface area contributed by atoms with Gasteiger partial charge in [0.15, 0.2) is 0 Å². The van der Waals surface area contributed by atoms with Gasteiger partial charge in [-0.15, -0.1) is 0 Å². The monoisotopic (exact) mass is 476 g/mol. The Bertz CT molecular complexity index is 639. The van der Waals surface area contributed by atoms with E-state index >= 15 is 0 Å². The number of benzene rings is 1. The number of carbonyl (C=O) groups is 1. The molecule has 0 radical (unpaired) electrons. The van der Waals surface area contributed by atoms with Gasteiger partial charge >= 0.3 is 127 Å². The number of carbonyl (C=O) groups excluding carboxylic acids is 1. The zero-order valence-electron chi connectivity index (χ0n) is 20.3. The van der Waals surface area contributed by atoms with Gasteiger partial charge in [-0.2, -0.15) is 8.42 Å². The summed E-state index contributed by atoms with van der Waals surface area (Å²) in [5, 5.41) is 0. The summed E-state index contributed by atoms with van der Waals surface area (Å²) in [7, 11) is -3.89. The van der Waals surface area contributed by atoms with Gasteiger partial charge in [-0.05, 0) is 12.1 Å². The second-order valence-electron chi connectivity index (χ2n) is 8.22. The summed E-state index contributed by atoms with van der Waals surface area (Å²) in [4.78, 5) is 10.5. The second kappa shape index (κ2) is 17.4. The van der Waals surface area contributed by atoms with Crippen LogP contribution in [0.2, 0.25) is 0 Å². The summed E-state index contributed by atoms with van der Waals surface area (Å²) >= 11 is 0. The number of hydrogen-bond acceptors (Lipinski definition) is 5. The van der Waals surface area contributed by atoms with Crippen molar-refractivity contribution in [2.75, 3.05) is 31.8 Å². The van der Waals surface area contributed by atoms with Gasteiger partial charge in [-0.25, -0.2) is 4.79 Å². The van der Waals surface area contributed by atoms with Gasteiger partial charge < -0.3 is 8.92 Å². The van der Waals surface area contributed by atoms with Crippen molar-refractivity contribution >= 4 is 23.5 Å². The van der Waals surface area contributed by atoms with Gasteiger partial charge in [0.1, 0.15) is 4.90 Å². The first-order valence-electron chi connectivity index (χ1n) is 11.9. The Morgan fingerprint density at radius 2 is 1.16 bits per heavy atom. The molecule has 0 atom stereocenters. The molecule has 5 nitrogen and oxygen atoms in total. The van der Waals surface area contributed by atoms with Gasteiger partial charge in [0, 0.05) is 0 Å². The van der Waals surface area contributed by atoms with Crippen LogP contribution in [-0.2, 0) is 19.0 Å². The second-order valence-corrected chi connectivity index (χ2v) is 14.8. The minimum absolute atomic E-state index is 0.0922. The predicted molar refractivity (Wildman–Crippen MR) is 135 cm³/mol. The average Bonchev–Trinajstić information content (AvgIpc) is 2.78. The quantitative estimate of drug-likeness (QED) is 0.163. The van der Waals surface area contributed by atoms with Crippen molar-refractivity contribution in [2.45, 2.75) is 84.0 Å². The van der Waals surface area contributed by atoms with E-state index in [1.54, 1.807) is 30.7 Å². The summed E-state index contributed by atoms with van der Waals surface area (Å²) < 4.78 is 30.7. The summed E-state index contributed by atoms with van der Waals surface area (Å²) in [6, 6.07) is 7.33. The molecule has 0 aliphatic heterocycles. The number of methoxy groups -OCH3 is 1. The van der Waals surface area contributed by atoms with Crippen LogP contribution in [0.1, 0.15) is 79.1 Å². The number of unbranched alkanes of at least 4 members (excludes halogenated alkanes) is 4. The summed E-state index contributed by atoms with van der Waals surface area (Å²) in [5.74, 6) is 0. The van der Waals surface area contributed by atoms with E-state index in [0.717, 1.165) is 7.11 Å². The Morgan fingerprint density at radius 1 is 0.774 bits per heavy atom. The first-order valence-corrected chi connectivity index (χ1v) is 16.1. The third-order valence-corrected chi connectivity index (χ3v) is 12.5. The molecule has 0 heterocycles. The normalized spacial score (nSPS) is 11.9. The maximum absolute atomic E-state index is 11.3. The molecule has 0 aliphatic rings. The fourth-order valence-electron chi connectivity index (χ4n) is 3.72. The van der Waals surface area contributed by atoms with Crippen molar-refractivity contribution < 1.29 is 22.1 Å². The SMILES string of the molecule is CCCC[PH](CCCC)(CCCC)CCCC.COC(=O)OS(=O)(=O)c1ccccc1. The number of hydrogen-bond donors (Lipinski definition) is 0. The zero-order valence-corrected chi connectivity index (χ0v) is 22.1. The van der Waals surface area contributed by atoms with Crippen LogP contribution in [-0.4, -0.2) is 46.3 Å². The molecule has 0 saturated heterocycles. The fraction of sp³-hybridized carbons (Fsp3) is 0.708. The van der Waals surface area contributed by atoms with Gasteiger partial charge in [0.2, 0.25) is 0 Å². The van der Waals surface area contributed by atoms with E-state index in [1.165, 1.54) is 75.6 Å². The average molecular weight is 477 g/mol. The first kappa shape index (κ1) is 29.9. The van der Waals surface area contributed by atoms with Crippen molar-refractivity contribution in [2.24, 2.45) is 0 Å². The molecule has 31 heavy (non-hydrogen) atoms. The molecule has 0 amide bonds. The molecular formula is C24H45O5PS. The topological polar surface area (TPSA) is 69.7 Å². The molecule has 7 heteroatoms. The molecule has 0 aromatic heterocycles. The van der Waals surface area contributed by atoms with Crippen LogP contribution in [0.4, 0.5) is 4.79 Å². The Hall–Kier alpha value is -1.13. The van der Waals surface area contributed by atoms with Gasteiger partial charge in [-0.1, -0.05) is 18.2 Å². The van der Waals surface area contributed by atoms with Crippen molar-refractivity contribution in [1.82, 2.24) is 0 Å². The van der Waals surface area contributed by atoms with E-state index in [4.69, 9.17) is 0 Å². The maximum Gasteiger partial charge on any atom is 0.524 e. The third-order valence-electron chi connectivity index (χ3n) is 5.62. The molecule has 0 saturated carbocycles. The minimum Gasteiger partial charge on any atom is -0.437 e. The Morgan fingerprint density at radius 3 is 1.48 bits per heavy atom. The van der Waals surface area contributed by atoms with Crippen LogP contribution in [0.15, 0.2) is 35.2 Å². The number of ether oxygens (including phenoxy) is 1. The number of rotatable bonds is 14. The van der Waals surface area contributed by atoms with E-state index < -0.39 is 23.5 Å².